The number of aldehydes is 1. The van der Waals surface area contributed by atoms with E-state index < -0.39 is 5.41 Å². The van der Waals surface area contributed by atoms with Crippen LogP contribution in [0, 0.1) is 11.3 Å². The highest BCUT2D eigenvalue weighted by molar-refractivity contribution is 6.00. The average molecular weight is 180 g/mol. The molecule has 0 amide bonds. The lowest BCUT2D eigenvalue weighted by molar-refractivity contribution is -0.139. The zero-order valence-corrected chi connectivity index (χ0v) is 7.92. The molecular weight excluding hydrogens is 164 g/mol. The van der Waals surface area contributed by atoms with Gasteiger partial charge in [0, 0.05) is 5.92 Å². The van der Waals surface area contributed by atoms with Gasteiger partial charge in [-0.15, -0.1) is 0 Å². The van der Waals surface area contributed by atoms with E-state index in [1.165, 1.54) is 6.42 Å². The van der Waals surface area contributed by atoms with Crippen molar-refractivity contribution < 1.29 is 9.59 Å². The minimum absolute atomic E-state index is 0.225. The number of carbonyl (C=O) groups is 2. The standard InChI is InChI=1S/C11H16O2/c12-8-11(6-1-2-7-11)10(13)9-4-3-5-9/h8-9H,1-7H2. The quantitative estimate of drug-likeness (QED) is 0.492. The van der Waals surface area contributed by atoms with Crippen LogP contribution >= 0.6 is 0 Å². The van der Waals surface area contributed by atoms with E-state index in [0.29, 0.717) is 0 Å². The molecule has 0 saturated heterocycles. The maximum Gasteiger partial charge on any atom is 0.149 e. The molecule has 0 unspecified atom stereocenters. The van der Waals surface area contributed by atoms with E-state index in [4.69, 9.17) is 0 Å². The molecule has 72 valence electrons. The van der Waals surface area contributed by atoms with Gasteiger partial charge in [0.25, 0.3) is 0 Å². The smallest absolute Gasteiger partial charge is 0.149 e. The van der Waals surface area contributed by atoms with Gasteiger partial charge in [-0.05, 0) is 25.7 Å². The molecule has 0 N–H and O–H groups in total. The molecule has 13 heavy (non-hydrogen) atoms. The summed E-state index contributed by atoms with van der Waals surface area (Å²) in [6, 6.07) is 0. The zero-order chi connectivity index (χ0) is 9.31. The Morgan fingerprint density at radius 1 is 1.15 bits per heavy atom. The lowest BCUT2D eigenvalue weighted by Crippen LogP contribution is -2.38. The Hall–Kier alpha value is -0.660. The number of carbonyl (C=O) groups excluding carboxylic acids is 2. The molecule has 2 heteroatoms. The number of hydrogen-bond donors (Lipinski definition) is 0. The van der Waals surface area contributed by atoms with Crippen LogP contribution in [-0.2, 0) is 9.59 Å². The van der Waals surface area contributed by atoms with Gasteiger partial charge < -0.3 is 4.79 Å². The summed E-state index contributed by atoms with van der Waals surface area (Å²) in [7, 11) is 0. The first-order valence-corrected chi connectivity index (χ1v) is 5.29. The Morgan fingerprint density at radius 3 is 2.15 bits per heavy atom. The Morgan fingerprint density at radius 2 is 1.77 bits per heavy atom. The molecule has 2 saturated carbocycles. The predicted octanol–water partition coefficient (Wildman–Crippen LogP) is 2.11. The minimum Gasteiger partial charge on any atom is -0.302 e. The lowest BCUT2D eigenvalue weighted by atomic mass is 9.70. The lowest BCUT2D eigenvalue weighted by Gasteiger charge is -2.31. The summed E-state index contributed by atoms with van der Waals surface area (Å²) in [6.07, 6.45) is 7.88. The second kappa shape index (κ2) is 3.24. The summed E-state index contributed by atoms with van der Waals surface area (Å²) in [6.45, 7) is 0. The third-order valence-corrected chi connectivity index (χ3v) is 3.69. The summed E-state index contributed by atoms with van der Waals surface area (Å²) < 4.78 is 0. The zero-order valence-electron chi connectivity index (χ0n) is 7.92. The van der Waals surface area contributed by atoms with Crippen LogP contribution in [0.3, 0.4) is 0 Å². The molecule has 0 bridgehead atoms. The van der Waals surface area contributed by atoms with Gasteiger partial charge in [-0.2, -0.15) is 0 Å². The number of Topliss-reactive ketones (excluding diaryl/α,β-unsaturated/α-hetero) is 1. The fourth-order valence-corrected chi connectivity index (χ4v) is 2.51. The van der Waals surface area contributed by atoms with Crippen LogP contribution in [0.2, 0.25) is 0 Å². The highest BCUT2D eigenvalue weighted by Crippen LogP contribution is 2.43. The van der Waals surface area contributed by atoms with Crippen molar-refractivity contribution >= 4 is 12.1 Å². The molecule has 2 aliphatic carbocycles. The number of hydrogen-bond acceptors (Lipinski definition) is 2. The van der Waals surface area contributed by atoms with Gasteiger partial charge in [0.2, 0.25) is 0 Å². The molecule has 0 spiro atoms. The molecule has 0 radical (unpaired) electrons. The largest absolute Gasteiger partial charge is 0.302 e. The third-order valence-electron chi connectivity index (χ3n) is 3.69. The Kier molecular flexibility index (Phi) is 2.22. The van der Waals surface area contributed by atoms with E-state index >= 15 is 0 Å². The van der Waals surface area contributed by atoms with Crippen molar-refractivity contribution in [3.63, 3.8) is 0 Å². The maximum absolute atomic E-state index is 11.9. The van der Waals surface area contributed by atoms with Crippen LogP contribution in [-0.4, -0.2) is 12.1 Å². The molecule has 0 aromatic carbocycles. The van der Waals surface area contributed by atoms with E-state index in [9.17, 15) is 9.59 Å². The summed E-state index contributed by atoms with van der Waals surface area (Å²) >= 11 is 0. The van der Waals surface area contributed by atoms with Crippen molar-refractivity contribution in [2.45, 2.75) is 44.9 Å². The molecule has 2 aliphatic rings. The first-order chi connectivity index (χ1) is 6.28. The maximum atomic E-state index is 11.9. The predicted molar refractivity (Wildman–Crippen MR) is 49.3 cm³/mol. The normalized spacial score (nSPS) is 26.8. The van der Waals surface area contributed by atoms with E-state index in [-0.39, 0.29) is 11.7 Å². The number of rotatable bonds is 3. The third kappa shape index (κ3) is 1.32. The Bertz CT molecular complexity index is 222. The van der Waals surface area contributed by atoms with E-state index in [1.54, 1.807) is 0 Å². The van der Waals surface area contributed by atoms with Crippen LogP contribution in [0.4, 0.5) is 0 Å². The molecule has 0 atom stereocenters. The summed E-state index contributed by atoms with van der Waals surface area (Å²) in [5.74, 6) is 0.481. The van der Waals surface area contributed by atoms with Gasteiger partial charge in [0.05, 0.1) is 5.41 Å². The van der Waals surface area contributed by atoms with Crippen molar-refractivity contribution in [2.75, 3.05) is 0 Å². The summed E-state index contributed by atoms with van der Waals surface area (Å²) in [5.41, 5.74) is -0.551. The van der Waals surface area contributed by atoms with Gasteiger partial charge in [-0.25, -0.2) is 0 Å². The minimum atomic E-state index is -0.551. The van der Waals surface area contributed by atoms with Crippen molar-refractivity contribution in [1.29, 1.82) is 0 Å². The summed E-state index contributed by atoms with van der Waals surface area (Å²) in [5, 5.41) is 0. The molecule has 2 fully saturated rings. The second-order valence-electron chi connectivity index (χ2n) is 4.47. The van der Waals surface area contributed by atoms with E-state index in [1.807, 2.05) is 0 Å². The van der Waals surface area contributed by atoms with Gasteiger partial charge in [0.15, 0.2) is 0 Å². The first-order valence-electron chi connectivity index (χ1n) is 5.29. The molecule has 2 rings (SSSR count). The molecule has 0 heterocycles. The topological polar surface area (TPSA) is 34.1 Å². The highest BCUT2D eigenvalue weighted by Gasteiger charge is 2.45. The van der Waals surface area contributed by atoms with Crippen molar-refractivity contribution in [3.8, 4) is 0 Å². The fourth-order valence-electron chi connectivity index (χ4n) is 2.51. The van der Waals surface area contributed by atoms with Gasteiger partial charge in [-0.3, -0.25) is 4.79 Å². The van der Waals surface area contributed by atoms with Gasteiger partial charge in [0.1, 0.15) is 12.1 Å². The van der Waals surface area contributed by atoms with Crippen LogP contribution in [0.1, 0.15) is 44.9 Å². The molecule has 0 aromatic heterocycles. The summed E-state index contributed by atoms with van der Waals surface area (Å²) in [4.78, 5) is 22.9. The van der Waals surface area contributed by atoms with Crippen molar-refractivity contribution in [3.05, 3.63) is 0 Å². The van der Waals surface area contributed by atoms with Crippen molar-refractivity contribution in [2.24, 2.45) is 11.3 Å². The monoisotopic (exact) mass is 180 g/mol. The van der Waals surface area contributed by atoms with Gasteiger partial charge in [-0.1, -0.05) is 19.3 Å². The second-order valence-corrected chi connectivity index (χ2v) is 4.47. The Balaban J connectivity index is 2.10. The van der Waals surface area contributed by atoms with Crippen LogP contribution < -0.4 is 0 Å². The first kappa shape index (κ1) is 8.92. The Labute approximate surface area is 78.7 Å². The highest BCUT2D eigenvalue weighted by atomic mass is 16.1. The molecule has 0 aliphatic heterocycles. The van der Waals surface area contributed by atoms with E-state index in [2.05, 4.69) is 0 Å². The average Bonchev–Trinajstić information content (AvgIpc) is 2.49. The fraction of sp³-hybridized carbons (Fsp3) is 0.818. The molecule has 2 nitrogen and oxygen atoms in total. The SMILES string of the molecule is O=CC1(C(=O)C2CCC2)CCCC1. The molecular formula is C11H16O2. The van der Waals surface area contributed by atoms with E-state index in [0.717, 1.165) is 44.8 Å². The van der Waals surface area contributed by atoms with Crippen LogP contribution in [0.5, 0.6) is 0 Å². The van der Waals surface area contributed by atoms with Crippen molar-refractivity contribution in [1.82, 2.24) is 0 Å². The van der Waals surface area contributed by atoms with Gasteiger partial charge >= 0.3 is 0 Å². The van der Waals surface area contributed by atoms with Crippen LogP contribution in [0.25, 0.3) is 0 Å². The van der Waals surface area contributed by atoms with Crippen LogP contribution in [0.15, 0.2) is 0 Å². The molecule has 0 aromatic rings. The number of ketones is 1.